The second-order valence-electron chi connectivity index (χ2n) is 7.01. The molecule has 4 atom stereocenters. The van der Waals surface area contributed by atoms with E-state index >= 15 is 0 Å². The van der Waals surface area contributed by atoms with Crippen LogP contribution in [0, 0.1) is 5.82 Å². The van der Waals surface area contributed by atoms with Crippen LogP contribution in [0.5, 0.6) is 0 Å². The van der Waals surface area contributed by atoms with Gasteiger partial charge in [-0.15, -0.1) is 0 Å². The molecule has 9 heteroatoms. The lowest BCUT2D eigenvalue weighted by atomic mass is 9.95. The Bertz CT molecular complexity index is 703. The number of rotatable bonds is 3. The van der Waals surface area contributed by atoms with Crippen molar-refractivity contribution in [3.63, 3.8) is 0 Å². The molecule has 2 aliphatic heterocycles. The van der Waals surface area contributed by atoms with Crippen molar-refractivity contribution in [1.82, 2.24) is 4.90 Å². The molecular weight excluding hydrogens is 371 g/mol. The summed E-state index contributed by atoms with van der Waals surface area (Å²) in [5, 5.41) is 12.8. The molecule has 0 aliphatic carbocycles. The Balaban J connectivity index is 1.72. The van der Waals surface area contributed by atoms with E-state index in [1.165, 1.54) is 30.2 Å². The number of nitrogens with zero attached hydrogens (tertiary/aromatic N) is 1. The van der Waals surface area contributed by atoms with Crippen LogP contribution in [-0.2, 0) is 19.0 Å². The van der Waals surface area contributed by atoms with Gasteiger partial charge in [-0.05, 0) is 31.0 Å². The number of hydrogen-bond acceptors (Lipinski definition) is 6. The Labute approximate surface area is 162 Å². The second kappa shape index (κ2) is 9.31. The van der Waals surface area contributed by atoms with Crippen molar-refractivity contribution in [2.24, 2.45) is 0 Å². The molecule has 0 aromatic heterocycles. The van der Waals surface area contributed by atoms with Crippen LogP contribution in [0.3, 0.4) is 0 Å². The average molecular weight is 396 g/mol. The van der Waals surface area contributed by atoms with Gasteiger partial charge in [0, 0.05) is 5.69 Å². The summed E-state index contributed by atoms with van der Waals surface area (Å²) < 4.78 is 29.6. The normalized spacial score (nSPS) is 27.9. The van der Waals surface area contributed by atoms with Crippen LogP contribution in [-0.4, -0.2) is 73.2 Å². The molecule has 0 bridgehead atoms. The molecule has 154 valence electrons. The SMILES string of the molecule is COC(=O)C[C@@H]1CC[C@H]2[C@@H](COC[C@@H](O)CN2C(=O)Nc2cccc(F)c2)O1. The Morgan fingerprint density at radius 1 is 1.36 bits per heavy atom. The number of amides is 2. The number of hydrogen-bond donors (Lipinski definition) is 2. The minimum absolute atomic E-state index is 0.0628. The van der Waals surface area contributed by atoms with Crippen molar-refractivity contribution in [2.45, 2.75) is 43.6 Å². The van der Waals surface area contributed by atoms with Gasteiger partial charge in [0.05, 0.1) is 51.5 Å². The third-order valence-electron chi connectivity index (χ3n) is 4.94. The number of halogens is 1. The number of ether oxygens (including phenoxy) is 3. The fourth-order valence-electron chi connectivity index (χ4n) is 3.61. The molecule has 0 spiro atoms. The first-order valence-corrected chi connectivity index (χ1v) is 9.27. The van der Waals surface area contributed by atoms with E-state index in [4.69, 9.17) is 14.2 Å². The largest absolute Gasteiger partial charge is 0.469 e. The number of anilines is 1. The highest BCUT2D eigenvalue weighted by atomic mass is 19.1. The van der Waals surface area contributed by atoms with Gasteiger partial charge in [-0.3, -0.25) is 4.79 Å². The summed E-state index contributed by atoms with van der Waals surface area (Å²) in [5.74, 6) is -0.810. The summed E-state index contributed by atoms with van der Waals surface area (Å²) >= 11 is 0. The summed E-state index contributed by atoms with van der Waals surface area (Å²) in [5.41, 5.74) is 0.328. The minimum atomic E-state index is -0.841. The number of carbonyl (C=O) groups is 2. The number of fused-ring (bicyclic) bond motifs is 1. The lowest BCUT2D eigenvalue weighted by Gasteiger charge is -2.44. The van der Waals surface area contributed by atoms with Crippen LogP contribution in [0.15, 0.2) is 24.3 Å². The van der Waals surface area contributed by atoms with E-state index in [-0.39, 0.29) is 44.3 Å². The van der Waals surface area contributed by atoms with E-state index in [2.05, 4.69) is 5.32 Å². The molecule has 0 saturated carbocycles. The standard InChI is InChI=1S/C19H25FN2O6/c1-26-18(24)8-15-5-6-16-17(28-15)11-27-10-14(23)9-22(16)19(25)21-13-4-2-3-12(20)7-13/h2-4,7,14-17,23H,5-6,8-11H2,1H3,(H,21,25)/t14-,15-,16-,17+/m0/s1. The van der Waals surface area contributed by atoms with Crippen molar-refractivity contribution in [1.29, 1.82) is 0 Å². The highest BCUT2D eigenvalue weighted by Crippen LogP contribution is 2.28. The molecule has 0 unspecified atom stereocenters. The maximum atomic E-state index is 13.4. The van der Waals surface area contributed by atoms with Gasteiger partial charge in [0.25, 0.3) is 0 Å². The molecule has 28 heavy (non-hydrogen) atoms. The number of urea groups is 1. The molecule has 1 aromatic carbocycles. The van der Waals surface area contributed by atoms with Gasteiger partial charge in [0.1, 0.15) is 11.9 Å². The Kier molecular flexibility index (Phi) is 6.82. The average Bonchev–Trinajstić information content (AvgIpc) is 2.65. The van der Waals surface area contributed by atoms with E-state index in [9.17, 15) is 19.1 Å². The maximum Gasteiger partial charge on any atom is 0.322 e. The lowest BCUT2D eigenvalue weighted by Crippen LogP contribution is -2.58. The predicted octanol–water partition coefficient (Wildman–Crippen LogP) is 1.53. The topological polar surface area (TPSA) is 97.3 Å². The molecular formula is C19H25FN2O6. The van der Waals surface area contributed by atoms with E-state index in [1.807, 2.05) is 0 Å². The highest BCUT2D eigenvalue weighted by molar-refractivity contribution is 5.89. The summed E-state index contributed by atoms with van der Waals surface area (Å²) in [4.78, 5) is 25.9. The molecule has 2 fully saturated rings. The van der Waals surface area contributed by atoms with Crippen LogP contribution in [0.4, 0.5) is 14.9 Å². The number of aliphatic hydroxyl groups is 1. The van der Waals surface area contributed by atoms with Crippen molar-refractivity contribution < 1.29 is 33.3 Å². The van der Waals surface area contributed by atoms with Gasteiger partial charge in [0.15, 0.2) is 0 Å². The fraction of sp³-hybridized carbons (Fsp3) is 0.579. The van der Waals surface area contributed by atoms with Gasteiger partial charge in [-0.2, -0.15) is 0 Å². The number of esters is 1. The van der Waals surface area contributed by atoms with Gasteiger partial charge in [0.2, 0.25) is 0 Å². The highest BCUT2D eigenvalue weighted by Gasteiger charge is 2.40. The van der Waals surface area contributed by atoms with Gasteiger partial charge in [-0.1, -0.05) is 6.07 Å². The molecule has 8 nitrogen and oxygen atoms in total. The number of nitrogens with one attached hydrogen (secondary N) is 1. The summed E-state index contributed by atoms with van der Waals surface area (Å²) in [6.07, 6.45) is -0.302. The van der Waals surface area contributed by atoms with Crippen LogP contribution < -0.4 is 5.32 Å². The van der Waals surface area contributed by atoms with Crippen LogP contribution >= 0.6 is 0 Å². The summed E-state index contributed by atoms with van der Waals surface area (Å²) in [6, 6.07) is 4.83. The fourth-order valence-corrected chi connectivity index (χ4v) is 3.61. The van der Waals surface area contributed by atoms with Crippen molar-refractivity contribution in [3.05, 3.63) is 30.1 Å². The predicted molar refractivity (Wildman–Crippen MR) is 97.3 cm³/mol. The third kappa shape index (κ3) is 5.18. The van der Waals surface area contributed by atoms with E-state index in [0.717, 1.165) is 0 Å². The molecule has 2 heterocycles. The first-order valence-electron chi connectivity index (χ1n) is 9.27. The molecule has 2 saturated heterocycles. The molecule has 2 aliphatic rings. The Morgan fingerprint density at radius 3 is 2.93 bits per heavy atom. The zero-order valence-corrected chi connectivity index (χ0v) is 15.7. The number of benzene rings is 1. The van der Waals surface area contributed by atoms with Crippen LogP contribution in [0.2, 0.25) is 0 Å². The quantitative estimate of drug-likeness (QED) is 0.752. The first kappa shape index (κ1) is 20.5. The zero-order valence-electron chi connectivity index (χ0n) is 15.7. The number of aliphatic hydroxyl groups excluding tert-OH is 1. The van der Waals surface area contributed by atoms with Gasteiger partial charge < -0.3 is 29.5 Å². The zero-order chi connectivity index (χ0) is 20.1. The second-order valence-corrected chi connectivity index (χ2v) is 7.01. The smallest absolute Gasteiger partial charge is 0.322 e. The van der Waals surface area contributed by atoms with Crippen molar-refractivity contribution in [2.75, 3.05) is 32.2 Å². The molecule has 1 aromatic rings. The maximum absolute atomic E-state index is 13.4. The van der Waals surface area contributed by atoms with E-state index < -0.39 is 24.1 Å². The Morgan fingerprint density at radius 2 is 2.18 bits per heavy atom. The van der Waals surface area contributed by atoms with Crippen LogP contribution in [0.25, 0.3) is 0 Å². The third-order valence-corrected chi connectivity index (χ3v) is 4.94. The minimum Gasteiger partial charge on any atom is -0.469 e. The van der Waals surface area contributed by atoms with Crippen LogP contribution in [0.1, 0.15) is 19.3 Å². The number of β-amino-alcohol motifs (C(OH)–C–C–N with tert-alkyl or cyclic N) is 1. The van der Waals surface area contributed by atoms with Gasteiger partial charge in [-0.25, -0.2) is 9.18 Å². The lowest BCUT2D eigenvalue weighted by molar-refractivity contribution is -0.159. The molecule has 2 amide bonds. The first-order chi connectivity index (χ1) is 13.5. The monoisotopic (exact) mass is 396 g/mol. The number of methoxy groups -OCH3 is 1. The summed E-state index contributed by atoms with van der Waals surface area (Å²) in [6.45, 7) is 0.328. The molecule has 3 rings (SSSR count). The van der Waals surface area contributed by atoms with E-state index in [0.29, 0.717) is 18.5 Å². The van der Waals surface area contributed by atoms with E-state index in [1.54, 1.807) is 6.07 Å². The number of carbonyl (C=O) groups excluding carboxylic acids is 2. The molecule has 0 radical (unpaired) electrons. The van der Waals surface area contributed by atoms with Crippen molar-refractivity contribution in [3.8, 4) is 0 Å². The van der Waals surface area contributed by atoms with Gasteiger partial charge >= 0.3 is 12.0 Å². The van der Waals surface area contributed by atoms with Crippen molar-refractivity contribution >= 4 is 17.7 Å². The molecule has 2 N–H and O–H groups in total. The Hall–Kier alpha value is -2.23. The summed E-state index contributed by atoms with van der Waals surface area (Å²) in [7, 11) is 1.33.